The van der Waals surface area contributed by atoms with Gasteiger partial charge in [0, 0.05) is 42.0 Å². The summed E-state index contributed by atoms with van der Waals surface area (Å²) in [6, 6.07) is 16.2. The first-order chi connectivity index (χ1) is 17.9. The number of piperidine rings is 1. The molecule has 0 radical (unpaired) electrons. The summed E-state index contributed by atoms with van der Waals surface area (Å²) < 4.78 is 5.18. The molecule has 1 aromatic heterocycles. The molecule has 4 rings (SSSR count). The highest BCUT2D eigenvalue weighted by Gasteiger charge is 2.26. The molecular formula is C29H32N4O3S. The zero-order chi connectivity index (χ0) is 26.2. The Morgan fingerprint density at radius 3 is 2.49 bits per heavy atom. The fourth-order valence-corrected chi connectivity index (χ4v) is 5.06. The molecule has 1 saturated heterocycles. The predicted octanol–water partition coefficient (Wildman–Crippen LogP) is 5.43. The van der Waals surface area contributed by atoms with Crippen LogP contribution >= 0.6 is 11.8 Å². The van der Waals surface area contributed by atoms with E-state index in [1.807, 2.05) is 44.3 Å². The van der Waals surface area contributed by atoms with Gasteiger partial charge < -0.3 is 15.0 Å². The van der Waals surface area contributed by atoms with Crippen molar-refractivity contribution in [2.45, 2.75) is 43.0 Å². The zero-order valence-electron chi connectivity index (χ0n) is 21.3. The molecular weight excluding hydrogens is 484 g/mol. The van der Waals surface area contributed by atoms with Gasteiger partial charge in [0.1, 0.15) is 10.9 Å². The van der Waals surface area contributed by atoms with Gasteiger partial charge in [-0.3, -0.25) is 9.59 Å². The van der Waals surface area contributed by atoms with Gasteiger partial charge in [0.2, 0.25) is 5.91 Å². The number of nitrogens with one attached hydrogen (secondary N) is 1. The van der Waals surface area contributed by atoms with Gasteiger partial charge in [-0.05, 0) is 80.3 Å². The molecule has 8 heteroatoms. The monoisotopic (exact) mass is 516 g/mol. The maximum absolute atomic E-state index is 12.0. The molecule has 0 saturated carbocycles. The lowest BCUT2D eigenvalue weighted by atomic mass is 9.96. The highest BCUT2D eigenvalue weighted by Crippen LogP contribution is 2.30. The molecule has 1 amide bonds. The van der Waals surface area contributed by atoms with Crippen LogP contribution in [0.25, 0.3) is 0 Å². The molecule has 2 heterocycles. The summed E-state index contributed by atoms with van der Waals surface area (Å²) in [6.45, 7) is 9.47. The number of hydrogen-bond acceptors (Lipinski definition) is 7. The lowest BCUT2D eigenvalue weighted by molar-refractivity contribution is -0.148. The van der Waals surface area contributed by atoms with E-state index in [0.717, 1.165) is 58.5 Å². The van der Waals surface area contributed by atoms with E-state index in [1.54, 1.807) is 11.8 Å². The Morgan fingerprint density at radius 1 is 1.14 bits per heavy atom. The van der Waals surface area contributed by atoms with Gasteiger partial charge in [0.25, 0.3) is 0 Å². The zero-order valence-corrected chi connectivity index (χ0v) is 22.1. The number of benzene rings is 2. The predicted molar refractivity (Wildman–Crippen MR) is 147 cm³/mol. The van der Waals surface area contributed by atoms with Crippen LogP contribution in [0, 0.1) is 12.8 Å². The van der Waals surface area contributed by atoms with Gasteiger partial charge in [-0.15, -0.1) is 0 Å². The van der Waals surface area contributed by atoms with Crippen LogP contribution in [0.3, 0.4) is 0 Å². The second-order valence-electron chi connectivity index (χ2n) is 8.95. The second kappa shape index (κ2) is 12.5. The molecule has 0 unspecified atom stereocenters. The maximum Gasteiger partial charge on any atom is 0.309 e. The topological polar surface area (TPSA) is 84.4 Å². The first-order valence-electron chi connectivity index (χ1n) is 12.5. The highest BCUT2D eigenvalue weighted by molar-refractivity contribution is 7.99. The van der Waals surface area contributed by atoms with Gasteiger partial charge >= 0.3 is 5.97 Å². The summed E-state index contributed by atoms with van der Waals surface area (Å²) in [7, 11) is 0. The Hall–Kier alpha value is -3.65. The Bertz CT molecular complexity index is 1240. The summed E-state index contributed by atoms with van der Waals surface area (Å²) in [5.41, 5.74) is 4.05. The molecule has 1 N–H and O–H groups in total. The van der Waals surface area contributed by atoms with Crippen molar-refractivity contribution >= 4 is 35.0 Å². The average Bonchev–Trinajstić information content (AvgIpc) is 2.92. The summed E-state index contributed by atoms with van der Waals surface area (Å²) in [5.74, 6) is 0.480. The third-order valence-corrected chi connectivity index (χ3v) is 7.39. The Balaban J connectivity index is 1.35. The number of carbonyl (C=O) groups is 2. The molecule has 0 aliphatic carbocycles. The Morgan fingerprint density at radius 2 is 1.84 bits per heavy atom. The quantitative estimate of drug-likeness (QED) is 0.231. The van der Waals surface area contributed by atoms with Crippen molar-refractivity contribution in [1.29, 1.82) is 0 Å². The largest absolute Gasteiger partial charge is 0.466 e. The van der Waals surface area contributed by atoms with Crippen molar-refractivity contribution in [3.63, 3.8) is 0 Å². The Labute approximate surface area is 222 Å². The molecule has 1 fully saturated rings. The van der Waals surface area contributed by atoms with E-state index in [4.69, 9.17) is 9.72 Å². The van der Waals surface area contributed by atoms with Crippen molar-refractivity contribution in [3.05, 3.63) is 84.3 Å². The van der Waals surface area contributed by atoms with Crippen molar-refractivity contribution in [2.24, 2.45) is 5.92 Å². The van der Waals surface area contributed by atoms with E-state index in [9.17, 15) is 9.59 Å². The van der Waals surface area contributed by atoms with Gasteiger partial charge in [0.15, 0.2) is 0 Å². The molecule has 7 nitrogen and oxygen atoms in total. The number of ether oxygens (including phenoxy) is 1. The third kappa shape index (κ3) is 7.20. The number of carbonyl (C=O) groups excluding carboxylic acids is 2. The maximum atomic E-state index is 12.0. The fraction of sp³-hybridized carbons (Fsp3) is 0.310. The second-order valence-corrected chi connectivity index (χ2v) is 10.0. The minimum atomic E-state index is -0.233. The van der Waals surface area contributed by atoms with E-state index in [1.165, 1.54) is 11.8 Å². The lowest BCUT2D eigenvalue weighted by Gasteiger charge is -2.32. The Kier molecular flexibility index (Phi) is 8.95. The van der Waals surface area contributed by atoms with E-state index in [0.29, 0.717) is 13.0 Å². The minimum Gasteiger partial charge on any atom is -0.466 e. The molecule has 192 valence electrons. The van der Waals surface area contributed by atoms with Crippen LogP contribution < -0.4 is 10.2 Å². The number of aryl methyl sites for hydroxylation is 1. The van der Waals surface area contributed by atoms with Crippen LogP contribution in [0.5, 0.6) is 0 Å². The number of aromatic nitrogens is 2. The molecule has 37 heavy (non-hydrogen) atoms. The van der Waals surface area contributed by atoms with Crippen molar-refractivity contribution in [3.8, 4) is 0 Å². The van der Waals surface area contributed by atoms with Crippen LogP contribution in [-0.4, -0.2) is 41.5 Å². The van der Waals surface area contributed by atoms with Gasteiger partial charge in [-0.25, -0.2) is 9.97 Å². The van der Waals surface area contributed by atoms with Crippen LogP contribution in [0.1, 0.15) is 36.7 Å². The number of anilines is 2. The average molecular weight is 517 g/mol. The standard InChI is InChI=1S/C29H32N4O3S/c1-4-27(34)31-23-8-12-25(13-9-23)37-28-20(3)19-30-26(32-28)18-21-6-10-24(11-7-21)33-16-14-22(15-17-33)29(35)36-5-2/h4,6-13,19,22H,1,5,14-18H2,2-3H3,(H,31,34). The number of amides is 1. The normalized spacial score (nSPS) is 13.7. The van der Waals surface area contributed by atoms with Gasteiger partial charge in [0.05, 0.1) is 12.5 Å². The minimum absolute atomic E-state index is 0.0114. The van der Waals surface area contributed by atoms with E-state index in [-0.39, 0.29) is 17.8 Å². The smallest absolute Gasteiger partial charge is 0.309 e. The summed E-state index contributed by atoms with van der Waals surface area (Å²) >= 11 is 1.58. The van der Waals surface area contributed by atoms with E-state index >= 15 is 0 Å². The molecule has 2 aromatic carbocycles. The van der Waals surface area contributed by atoms with Crippen LogP contribution in [-0.2, 0) is 20.7 Å². The molecule has 1 aliphatic heterocycles. The van der Waals surface area contributed by atoms with Gasteiger partial charge in [-0.2, -0.15) is 0 Å². The molecule has 0 bridgehead atoms. The first-order valence-corrected chi connectivity index (χ1v) is 13.3. The highest BCUT2D eigenvalue weighted by atomic mass is 32.2. The lowest BCUT2D eigenvalue weighted by Crippen LogP contribution is -2.36. The SMILES string of the molecule is C=CC(=O)Nc1ccc(Sc2nc(Cc3ccc(N4CCC(C(=O)OCC)CC4)cc3)ncc2C)cc1. The summed E-state index contributed by atoms with van der Waals surface area (Å²) in [4.78, 5) is 36.2. The number of nitrogens with zero attached hydrogens (tertiary/aromatic N) is 3. The number of hydrogen-bond donors (Lipinski definition) is 1. The molecule has 3 aromatic rings. The molecule has 1 aliphatic rings. The van der Waals surface area contributed by atoms with Crippen molar-refractivity contribution in [1.82, 2.24) is 9.97 Å². The third-order valence-electron chi connectivity index (χ3n) is 6.28. The number of rotatable bonds is 9. The number of esters is 1. The molecule has 0 spiro atoms. The summed E-state index contributed by atoms with van der Waals surface area (Å²) in [5, 5.41) is 3.66. The van der Waals surface area contributed by atoms with Crippen molar-refractivity contribution in [2.75, 3.05) is 29.9 Å². The fourth-order valence-electron chi connectivity index (χ4n) is 4.20. The molecule has 0 atom stereocenters. The first kappa shape index (κ1) is 26.4. The van der Waals surface area contributed by atoms with E-state index < -0.39 is 0 Å². The van der Waals surface area contributed by atoms with Crippen LogP contribution in [0.15, 0.2) is 77.3 Å². The van der Waals surface area contributed by atoms with Crippen LogP contribution in [0.4, 0.5) is 11.4 Å². The van der Waals surface area contributed by atoms with Crippen molar-refractivity contribution < 1.29 is 14.3 Å². The van der Waals surface area contributed by atoms with Crippen LogP contribution in [0.2, 0.25) is 0 Å². The van der Waals surface area contributed by atoms with E-state index in [2.05, 4.69) is 46.0 Å². The van der Waals surface area contributed by atoms with Gasteiger partial charge in [-0.1, -0.05) is 30.5 Å². The summed E-state index contributed by atoms with van der Waals surface area (Å²) in [6.07, 6.45) is 5.41.